The molecular weight excluding hydrogens is 408 g/mol. The second-order valence-electron chi connectivity index (χ2n) is 8.73. The van der Waals surface area contributed by atoms with Gasteiger partial charge >= 0.3 is 0 Å². The number of benzene rings is 3. The minimum Gasteiger partial charge on any atom is -0.496 e. The number of nitrogens with one attached hydrogen (secondary N) is 1. The molecule has 0 bridgehead atoms. The number of likely N-dealkylation sites (tertiary alicyclic amines) is 1. The highest BCUT2D eigenvalue weighted by atomic mass is 16.5. The molecule has 4 heteroatoms. The number of carbonyl (C=O) groups is 1. The van der Waals surface area contributed by atoms with E-state index in [4.69, 9.17) is 4.74 Å². The summed E-state index contributed by atoms with van der Waals surface area (Å²) in [5, 5.41) is 3.83. The molecule has 1 saturated heterocycles. The van der Waals surface area contributed by atoms with Gasteiger partial charge in [-0.2, -0.15) is 0 Å². The zero-order valence-electron chi connectivity index (χ0n) is 19.5. The molecule has 0 spiro atoms. The van der Waals surface area contributed by atoms with Crippen molar-refractivity contribution in [3.05, 3.63) is 102 Å². The summed E-state index contributed by atoms with van der Waals surface area (Å²) in [5.74, 6) is 1.16. The fourth-order valence-corrected chi connectivity index (χ4v) is 4.92. The van der Waals surface area contributed by atoms with Gasteiger partial charge in [-0.1, -0.05) is 78.9 Å². The monoisotopic (exact) mass is 442 g/mol. The van der Waals surface area contributed by atoms with Crippen molar-refractivity contribution in [2.45, 2.75) is 44.3 Å². The Balaban J connectivity index is 1.43. The molecule has 0 saturated carbocycles. The molecule has 33 heavy (non-hydrogen) atoms. The van der Waals surface area contributed by atoms with Crippen LogP contribution in [-0.2, 0) is 6.54 Å². The third-order valence-electron chi connectivity index (χ3n) is 6.57. The van der Waals surface area contributed by atoms with Crippen LogP contribution in [0.2, 0.25) is 0 Å². The Morgan fingerprint density at radius 2 is 1.67 bits per heavy atom. The van der Waals surface area contributed by atoms with Gasteiger partial charge < -0.3 is 10.1 Å². The standard InChI is InChI=1S/C29H34N2O2/c1-33-28-19-9-8-16-25(28)22-30-26-17-10-20-31(29(26)24-14-6-3-7-15-24)21-11-18-27(32)23-12-4-2-5-13-23/h2-9,12-16,19,26,29-30H,10-11,17-18,20-22H2,1H3/t26-,29-/m0/s1. The number of methoxy groups -OCH3 is 1. The first-order chi connectivity index (χ1) is 16.3. The van der Waals surface area contributed by atoms with Crippen LogP contribution in [0.15, 0.2) is 84.9 Å². The quantitative estimate of drug-likeness (QED) is 0.412. The van der Waals surface area contributed by atoms with E-state index in [1.165, 1.54) is 11.1 Å². The van der Waals surface area contributed by atoms with Crippen molar-refractivity contribution in [2.24, 2.45) is 0 Å². The van der Waals surface area contributed by atoms with Gasteiger partial charge in [0.15, 0.2) is 5.78 Å². The van der Waals surface area contributed by atoms with Crippen molar-refractivity contribution < 1.29 is 9.53 Å². The lowest BCUT2D eigenvalue weighted by atomic mass is 9.89. The highest BCUT2D eigenvalue weighted by molar-refractivity contribution is 5.95. The largest absolute Gasteiger partial charge is 0.496 e. The molecule has 0 unspecified atom stereocenters. The molecule has 3 aromatic rings. The number of Topliss-reactive ketones (excluding diaryl/α,β-unsaturated/α-hetero) is 1. The van der Waals surface area contributed by atoms with Crippen LogP contribution < -0.4 is 10.1 Å². The van der Waals surface area contributed by atoms with Gasteiger partial charge in [0.25, 0.3) is 0 Å². The van der Waals surface area contributed by atoms with E-state index in [2.05, 4.69) is 52.7 Å². The summed E-state index contributed by atoms with van der Waals surface area (Å²) < 4.78 is 5.55. The van der Waals surface area contributed by atoms with E-state index >= 15 is 0 Å². The molecule has 1 heterocycles. The van der Waals surface area contributed by atoms with Crippen molar-refractivity contribution in [3.63, 3.8) is 0 Å². The van der Waals surface area contributed by atoms with Gasteiger partial charge in [-0.25, -0.2) is 0 Å². The first-order valence-corrected chi connectivity index (χ1v) is 12.0. The Hall–Kier alpha value is -2.95. The van der Waals surface area contributed by atoms with Crippen molar-refractivity contribution in [1.29, 1.82) is 0 Å². The van der Waals surface area contributed by atoms with E-state index < -0.39 is 0 Å². The second-order valence-corrected chi connectivity index (χ2v) is 8.73. The van der Waals surface area contributed by atoms with E-state index in [0.717, 1.165) is 50.2 Å². The van der Waals surface area contributed by atoms with E-state index in [-0.39, 0.29) is 5.78 Å². The van der Waals surface area contributed by atoms with Crippen LogP contribution in [0.1, 0.15) is 53.2 Å². The van der Waals surface area contributed by atoms with E-state index in [1.54, 1.807) is 7.11 Å². The van der Waals surface area contributed by atoms with Gasteiger partial charge in [0.05, 0.1) is 13.2 Å². The van der Waals surface area contributed by atoms with Crippen LogP contribution in [0.4, 0.5) is 0 Å². The number of ketones is 1. The number of para-hydroxylation sites is 1. The number of hydrogen-bond donors (Lipinski definition) is 1. The molecule has 4 nitrogen and oxygen atoms in total. The first-order valence-electron chi connectivity index (χ1n) is 12.0. The lowest BCUT2D eigenvalue weighted by Gasteiger charge is -2.42. The summed E-state index contributed by atoms with van der Waals surface area (Å²) in [5.41, 5.74) is 3.33. The van der Waals surface area contributed by atoms with Crippen LogP contribution in [0, 0.1) is 0 Å². The summed E-state index contributed by atoms with van der Waals surface area (Å²) in [4.78, 5) is 15.1. The Kier molecular flexibility index (Phi) is 8.29. The summed E-state index contributed by atoms with van der Waals surface area (Å²) in [6, 6.07) is 29.3. The molecule has 172 valence electrons. The van der Waals surface area contributed by atoms with Gasteiger partial charge in [-0.15, -0.1) is 0 Å². The highest BCUT2D eigenvalue weighted by Gasteiger charge is 2.32. The second kappa shape index (κ2) is 11.8. The zero-order chi connectivity index (χ0) is 22.9. The molecule has 1 aliphatic rings. The topological polar surface area (TPSA) is 41.6 Å². The van der Waals surface area contributed by atoms with E-state index in [0.29, 0.717) is 18.5 Å². The first kappa shape index (κ1) is 23.2. The Morgan fingerprint density at radius 1 is 0.970 bits per heavy atom. The molecule has 4 rings (SSSR count). The maximum atomic E-state index is 12.6. The SMILES string of the molecule is COc1ccccc1CN[C@H]1CCCN(CCCC(=O)c2ccccc2)[C@H]1c1ccccc1. The van der Waals surface area contributed by atoms with Gasteiger partial charge in [0, 0.05) is 30.1 Å². The normalized spacial score (nSPS) is 18.7. The van der Waals surface area contributed by atoms with E-state index in [1.807, 2.05) is 42.5 Å². The van der Waals surface area contributed by atoms with Crippen molar-refractivity contribution in [1.82, 2.24) is 10.2 Å². The van der Waals surface area contributed by atoms with Gasteiger partial charge in [0.2, 0.25) is 0 Å². The van der Waals surface area contributed by atoms with Crippen molar-refractivity contribution in [3.8, 4) is 5.75 Å². The maximum Gasteiger partial charge on any atom is 0.162 e. The third kappa shape index (κ3) is 6.10. The zero-order valence-corrected chi connectivity index (χ0v) is 19.5. The molecule has 1 fully saturated rings. The molecule has 1 N–H and O–H groups in total. The molecule has 1 aliphatic heterocycles. The number of ether oxygens (including phenoxy) is 1. The van der Waals surface area contributed by atoms with E-state index in [9.17, 15) is 4.79 Å². The van der Waals surface area contributed by atoms with Gasteiger partial charge in [-0.05, 0) is 44.0 Å². The average molecular weight is 443 g/mol. The molecule has 3 aromatic carbocycles. The minimum absolute atomic E-state index is 0.231. The molecular formula is C29H34N2O2. The van der Waals surface area contributed by atoms with Crippen LogP contribution in [0.25, 0.3) is 0 Å². The maximum absolute atomic E-state index is 12.6. The predicted molar refractivity (Wildman–Crippen MR) is 134 cm³/mol. The number of rotatable bonds is 10. The highest BCUT2D eigenvalue weighted by Crippen LogP contribution is 2.32. The Morgan fingerprint density at radius 3 is 2.42 bits per heavy atom. The number of hydrogen-bond acceptors (Lipinski definition) is 4. The number of carbonyl (C=O) groups excluding carboxylic acids is 1. The van der Waals surface area contributed by atoms with Crippen molar-refractivity contribution >= 4 is 5.78 Å². The third-order valence-corrected chi connectivity index (χ3v) is 6.57. The lowest BCUT2D eigenvalue weighted by molar-refractivity contribution is 0.0929. The van der Waals surface area contributed by atoms with Crippen molar-refractivity contribution in [2.75, 3.05) is 20.2 Å². The Labute approximate surface area is 197 Å². The molecule has 0 aromatic heterocycles. The molecule has 0 amide bonds. The van der Waals surface area contributed by atoms with Gasteiger partial charge in [0.1, 0.15) is 5.75 Å². The van der Waals surface area contributed by atoms with Crippen LogP contribution in [0.5, 0.6) is 5.75 Å². The summed E-state index contributed by atoms with van der Waals surface area (Å²) >= 11 is 0. The summed E-state index contributed by atoms with van der Waals surface area (Å²) in [6.07, 6.45) is 3.74. The minimum atomic E-state index is 0.231. The molecule has 0 radical (unpaired) electrons. The van der Waals surface area contributed by atoms with Gasteiger partial charge in [-0.3, -0.25) is 9.69 Å². The number of piperidine rings is 1. The van der Waals surface area contributed by atoms with Crippen LogP contribution in [-0.4, -0.2) is 36.9 Å². The molecule has 0 aliphatic carbocycles. The fraction of sp³-hybridized carbons (Fsp3) is 0.345. The number of nitrogens with zero attached hydrogens (tertiary/aromatic N) is 1. The lowest BCUT2D eigenvalue weighted by Crippen LogP contribution is -2.48. The van der Waals surface area contributed by atoms with Crippen LogP contribution >= 0.6 is 0 Å². The predicted octanol–water partition coefficient (Wildman–Crippen LogP) is 5.65. The fourth-order valence-electron chi connectivity index (χ4n) is 4.92. The van der Waals surface area contributed by atoms with Crippen LogP contribution in [0.3, 0.4) is 0 Å². The average Bonchev–Trinajstić information content (AvgIpc) is 2.88. The molecule has 2 atom stereocenters. The summed E-state index contributed by atoms with van der Waals surface area (Å²) in [6.45, 7) is 2.76. The summed E-state index contributed by atoms with van der Waals surface area (Å²) in [7, 11) is 1.73. The Bertz CT molecular complexity index is 1010. The smallest absolute Gasteiger partial charge is 0.162 e.